The minimum Gasteiger partial charge on any atom is -0.483 e. The van der Waals surface area contributed by atoms with E-state index in [2.05, 4.69) is 25.8 Å². The zero-order valence-corrected chi connectivity index (χ0v) is 8.57. The van der Waals surface area contributed by atoms with Gasteiger partial charge in [-0.05, 0) is 5.41 Å². The molecular weight excluding hydrogens is 162 g/mol. The smallest absolute Gasteiger partial charge is 0.201 e. The number of ether oxygens (including phenoxy) is 1. The van der Waals surface area contributed by atoms with Gasteiger partial charge in [-0.2, -0.15) is 0 Å². The number of alkyl halides is 1. The van der Waals surface area contributed by atoms with Gasteiger partial charge in [0.05, 0.1) is 7.11 Å². The summed E-state index contributed by atoms with van der Waals surface area (Å²) in [5.74, 6) is 0.596. The van der Waals surface area contributed by atoms with E-state index in [9.17, 15) is 0 Å². The molecule has 11 heavy (non-hydrogen) atoms. The van der Waals surface area contributed by atoms with Crippen LogP contribution in [-0.2, 0) is 4.74 Å². The van der Waals surface area contributed by atoms with Crippen LogP contribution < -0.4 is 0 Å². The summed E-state index contributed by atoms with van der Waals surface area (Å²) in [5, 5.41) is -0.155. The molecule has 0 bridgehead atoms. The normalized spacial score (nSPS) is 16.4. The van der Waals surface area contributed by atoms with Crippen LogP contribution in [0.1, 0.15) is 20.8 Å². The van der Waals surface area contributed by atoms with Crippen molar-refractivity contribution in [3.05, 3.63) is 0 Å². The molecule has 0 aliphatic carbocycles. The molecule has 0 amide bonds. The summed E-state index contributed by atoms with van der Waals surface area (Å²) in [5.41, 5.74) is -0.00753. The standard InChI is InChI=1S/C8H16ClNO/c1-8(2,3)6(9)7(10-4)11-5/h6H,1-5H3/t6-/m1/s1. The Morgan fingerprint density at radius 2 is 1.91 bits per heavy atom. The molecule has 1 atom stereocenters. The zero-order valence-electron chi connectivity index (χ0n) is 7.81. The molecule has 0 radical (unpaired) electrons. The Hall–Kier alpha value is -0.240. The highest BCUT2D eigenvalue weighted by atomic mass is 35.5. The third kappa shape index (κ3) is 3.10. The molecule has 3 heteroatoms. The highest BCUT2D eigenvalue weighted by Gasteiger charge is 2.27. The number of nitrogens with zero attached hydrogens (tertiary/aromatic N) is 1. The number of aliphatic imine (C=N–C) groups is 1. The molecule has 0 aromatic heterocycles. The maximum atomic E-state index is 6.07. The quantitative estimate of drug-likeness (QED) is 0.342. The second-order valence-electron chi connectivity index (χ2n) is 3.49. The Morgan fingerprint density at radius 3 is 2.00 bits per heavy atom. The molecule has 0 spiro atoms. The van der Waals surface area contributed by atoms with Gasteiger partial charge in [0, 0.05) is 7.05 Å². The second kappa shape index (κ2) is 3.96. The van der Waals surface area contributed by atoms with Crippen molar-refractivity contribution in [1.82, 2.24) is 0 Å². The third-order valence-corrected chi connectivity index (χ3v) is 2.25. The van der Waals surface area contributed by atoms with Gasteiger partial charge < -0.3 is 4.74 Å². The van der Waals surface area contributed by atoms with E-state index >= 15 is 0 Å². The fraction of sp³-hybridized carbons (Fsp3) is 0.875. The van der Waals surface area contributed by atoms with Crippen LogP contribution in [0.5, 0.6) is 0 Å². The molecule has 0 rings (SSSR count). The van der Waals surface area contributed by atoms with Crippen LogP contribution in [0.2, 0.25) is 0 Å². The van der Waals surface area contributed by atoms with Gasteiger partial charge in [-0.3, -0.25) is 4.99 Å². The molecule has 0 heterocycles. The van der Waals surface area contributed by atoms with Crippen LogP contribution >= 0.6 is 11.6 Å². The van der Waals surface area contributed by atoms with Crippen molar-refractivity contribution in [3.63, 3.8) is 0 Å². The maximum Gasteiger partial charge on any atom is 0.201 e. The first kappa shape index (κ1) is 10.8. The van der Waals surface area contributed by atoms with Crippen LogP contribution in [0.3, 0.4) is 0 Å². The molecule has 0 unspecified atom stereocenters. The van der Waals surface area contributed by atoms with Gasteiger partial charge in [0.2, 0.25) is 5.90 Å². The minimum absolute atomic E-state index is 0.00753. The van der Waals surface area contributed by atoms with Gasteiger partial charge >= 0.3 is 0 Å². The lowest BCUT2D eigenvalue weighted by atomic mass is 9.91. The summed E-state index contributed by atoms with van der Waals surface area (Å²) in [6.07, 6.45) is 0. The van der Waals surface area contributed by atoms with E-state index in [1.807, 2.05) is 0 Å². The van der Waals surface area contributed by atoms with Gasteiger partial charge in [0.15, 0.2) is 0 Å². The van der Waals surface area contributed by atoms with Crippen molar-refractivity contribution in [1.29, 1.82) is 0 Å². The Balaban J connectivity index is 4.34. The Kier molecular flexibility index (Phi) is 3.87. The molecule has 0 aliphatic heterocycles. The summed E-state index contributed by atoms with van der Waals surface area (Å²) < 4.78 is 5.01. The average molecular weight is 178 g/mol. The topological polar surface area (TPSA) is 21.6 Å². The lowest BCUT2D eigenvalue weighted by molar-refractivity contribution is 0.345. The summed E-state index contributed by atoms with van der Waals surface area (Å²) >= 11 is 6.07. The third-order valence-electron chi connectivity index (χ3n) is 1.41. The van der Waals surface area contributed by atoms with Gasteiger partial charge in [-0.25, -0.2) is 0 Å². The van der Waals surface area contributed by atoms with Crippen LogP contribution in [0.25, 0.3) is 0 Å². The molecule has 2 nitrogen and oxygen atoms in total. The molecular formula is C8H16ClNO. The van der Waals surface area contributed by atoms with Crippen LogP contribution in [0, 0.1) is 5.41 Å². The first-order chi connectivity index (χ1) is 4.93. The Morgan fingerprint density at radius 1 is 1.45 bits per heavy atom. The molecule has 66 valence electrons. The molecule has 0 saturated heterocycles. The van der Waals surface area contributed by atoms with Crippen LogP contribution in [-0.4, -0.2) is 25.4 Å². The molecule has 0 fully saturated rings. The Bertz CT molecular complexity index is 149. The minimum atomic E-state index is -0.155. The zero-order chi connectivity index (χ0) is 9.07. The van der Waals surface area contributed by atoms with Crippen molar-refractivity contribution >= 4 is 17.5 Å². The van der Waals surface area contributed by atoms with Gasteiger partial charge in [-0.15, -0.1) is 11.6 Å². The molecule has 0 saturated carbocycles. The average Bonchev–Trinajstić information content (AvgIpc) is 1.88. The monoisotopic (exact) mass is 177 g/mol. The fourth-order valence-electron chi connectivity index (χ4n) is 0.679. The van der Waals surface area contributed by atoms with Crippen molar-refractivity contribution in [2.45, 2.75) is 26.1 Å². The lowest BCUT2D eigenvalue weighted by Crippen LogP contribution is -2.30. The highest BCUT2D eigenvalue weighted by molar-refractivity contribution is 6.31. The largest absolute Gasteiger partial charge is 0.483 e. The highest BCUT2D eigenvalue weighted by Crippen LogP contribution is 2.25. The van der Waals surface area contributed by atoms with E-state index in [0.29, 0.717) is 5.90 Å². The predicted molar refractivity (Wildman–Crippen MR) is 49.5 cm³/mol. The summed E-state index contributed by atoms with van der Waals surface area (Å²) in [7, 11) is 3.27. The van der Waals surface area contributed by atoms with Crippen LogP contribution in [0.4, 0.5) is 0 Å². The van der Waals surface area contributed by atoms with E-state index in [1.165, 1.54) is 0 Å². The molecule has 0 N–H and O–H groups in total. The van der Waals surface area contributed by atoms with E-state index in [0.717, 1.165) is 0 Å². The van der Waals surface area contributed by atoms with Crippen molar-refractivity contribution in [2.75, 3.05) is 14.2 Å². The van der Waals surface area contributed by atoms with Gasteiger partial charge in [0.25, 0.3) is 0 Å². The van der Waals surface area contributed by atoms with E-state index in [4.69, 9.17) is 16.3 Å². The van der Waals surface area contributed by atoms with E-state index < -0.39 is 0 Å². The van der Waals surface area contributed by atoms with Crippen molar-refractivity contribution < 1.29 is 4.74 Å². The number of rotatable bonds is 1. The predicted octanol–water partition coefficient (Wildman–Crippen LogP) is 2.31. The summed E-state index contributed by atoms with van der Waals surface area (Å²) in [6.45, 7) is 6.15. The van der Waals surface area contributed by atoms with E-state index in [1.54, 1.807) is 14.2 Å². The van der Waals surface area contributed by atoms with Gasteiger partial charge in [0.1, 0.15) is 5.38 Å². The van der Waals surface area contributed by atoms with Crippen LogP contribution in [0.15, 0.2) is 4.99 Å². The SMILES string of the molecule is CN=C(OC)[C@@H](Cl)C(C)(C)C. The lowest BCUT2D eigenvalue weighted by Gasteiger charge is -2.24. The maximum absolute atomic E-state index is 6.07. The second-order valence-corrected chi connectivity index (χ2v) is 3.93. The molecule has 0 aromatic carbocycles. The number of methoxy groups -OCH3 is 1. The summed E-state index contributed by atoms with van der Waals surface area (Å²) in [4.78, 5) is 3.94. The first-order valence-electron chi connectivity index (χ1n) is 3.58. The van der Waals surface area contributed by atoms with Crippen molar-refractivity contribution in [2.24, 2.45) is 10.4 Å². The Labute approximate surface area is 73.6 Å². The van der Waals surface area contributed by atoms with Gasteiger partial charge in [-0.1, -0.05) is 20.8 Å². The first-order valence-corrected chi connectivity index (χ1v) is 4.02. The fourth-order valence-corrected chi connectivity index (χ4v) is 0.865. The number of hydrogen-bond acceptors (Lipinski definition) is 2. The summed E-state index contributed by atoms with van der Waals surface area (Å²) in [6, 6.07) is 0. The molecule has 0 aliphatic rings. The molecule has 0 aromatic rings. The number of halogens is 1. The van der Waals surface area contributed by atoms with Crippen molar-refractivity contribution in [3.8, 4) is 0 Å². The van der Waals surface area contributed by atoms with E-state index in [-0.39, 0.29) is 10.8 Å². The number of hydrogen-bond donors (Lipinski definition) is 0.